The highest BCUT2D eigenvalue weighted by atomic mass is 16.5. The van der Waals surface area contributed by atoms with E-state index < -0.39 is 0 Å². The Morgan fingerprint density at radius 3 is 2.91 bits per heavy atom. The van der Waals surface area contributed by atoms with Crippen molar-refractivity contribution in [2.45, 2.75) is 57.1 Å². The molecule has 4 rings (SSSR count). The summed E-state index contributed by atoms with van der Waals surface area (Å²) in [6.07, 6.45) is 5.30. The van der Waals surface area contributed by atoms with E-state index in [-0.39, 0.29) is 17.6 Å². The van der Waals surface area contributed by atoms with Gasteiger partial charge in [-0.25, -0.2) is 0 Å². The molecule has 0 radical (unpaired) electrons. The fraction of sp³-hybridized carbons (Fsp3) is 0.684. The van der Waals surface area contributed by atoms with Crippen LogP contribution in [-0.2, 0) is 6.42 Å². The standard InChI is InChI=1S/C19H27NO2/c1-19-8-7-14-13-6-4-12(22-2)9-11(13)3-5-15(14)16(19)10-17(20)18(19)21/h4,6,9,14-18,21H,3,5,7-8,10,20H2,1-2H3/t14-,15-,16+,17+,18+,19+/m1/s1. The number of rotatable bonds is 1. The first-order valence-corrected chi connectivity index (χ1v) is 8.65. The van der Waals surface area contributed by atoms with Crippen LogP contribution in [-0.4, -0.2) is 24.4 Å². The SMILES string of the molecule is COc1ccc2c(c1)CC[C@@H]1[C@@H]2CC[C@]2(C)[C@@H](O)[C@@H](N)C[C@@H]12. The summed E-state index contributed by atoms with van der Waals surface area (Å²) >= 11 is 0. The van der Waals surface area contributed by atoms with Crippen molar-refractivity contribution in [1.82, 2.24) is 0 Å². The molecule has 1 aromatic rings. The number of benzene rings is 1. The van der Waals surface area contributed by atoms with E-state index >= 15 is 0 Å². The first-order valence-electron chi connectivity index (χ1n) is 8.65. The van der Waals surface area contributed by atoms with Gasteiger partial charge in [-0.05, 0) is 78.5 Å². The molecule has 120 valence electrons. The maximum Gasteiger partial charge on any atom is 0.119 e. The van der Waals surface area contributed by atoms with Gasteiger partial charge in [-0.15, -0.1) is 0 Å². The number of aliphatic hydroxyl groups is 1. The lowest BCUT2D eigenvalue weighted by Crippen LogP contribution is -2.45. The van der Waals surface area contributed by atoms with E-state index in [0.29, 0.717) is 17.8 Å². The van der Waals surface area contributed by atoms with Gasteiger partial charge >= 0.3 is 0 Å². The van der Waals surface area contributed by atoms with Gasteiger partial charge in [0, 0.05) is 6.04 Å². The molecule has 3 aliphatic rings. The first-order chi connectivity index (χ1) is 10.5. The van der Waals surface area contributed by atoms with E-state index in [1.54, 1.807) is 7.11 Å². The monoisotopic (exact) mass is 301 g/mol. The first kappa shape index (κ1) is 14.5. The van der Waals surface area contributed by atoms with Crippen molar-refractivity contribution in [2.24, 2.45) is 23.0 Å². The lowest BCUT2D eigenvalue weighted by Gasteiger charge is -2.50. The van der Waals surface area contributed by atoms with Gasteiger partial charge in [0.05, 0.1) is 13.2 Å². The van der Waals surface area contributed by atoms with Crippen molar-refractivity contribution in [3.63, 3.8) is 0 Å². The molecule has 0 saturated heterocycles. The van der Waals surface area contributed by atoms with Crippen LogP contribution in [0.3, 0.4) is 0 Å². The van der Waals surface area contributed by atoms with Crippen LogP contribution in [0.2, 0.25) is 0 Å². The second kappa shape index (κ2) is 4.97. The third kappa shape index (κ3) is 1.88. The normalized spacial score (nSPS) is 43.2. The number of aliphatic hydroxyl groups excluding tert-OH is 1. The van der Waals surface area contributed by atoms with Gasteiger partial charge in [0.15, 0.2) is 0 Å². The number of hydrogen-bond acceptors (Lipinski definition) is 3. The Morgan fingerprint density at radius 1 is 1.32 bits per heavy atom. The van der Waals surface area contributed by atoms with E-state index in [9.17, 15) is 5.11 Å². The average Bonchev–Trinajstić information content (AvgIpc) is 2.77. The third-order valence-electron chi connectivity index (χ3n) is 6.98. The number of nitrogens with two attached hydrogens (primary N) is 1. The highest BCUT2D eigenvalue weighted by Gasteiger charge is 2.57. The minimum atomic E-state index is -0.323. The van der Waals surface area contributed by atoms with E-state index in [2.05, 4.69) is 25.1 Å². The van der Waals surface area contributed by atoms with Gasteiger partial charge in [0.25, 0.3) is 0 Å². The number of methoxy groups -OCH3 is 1. The van der Waals surface area contributed by atoms with E-state index in [4.69, 9.17) is 10.5 Å². The van der Waals surface area contributed by atoms with Gasteiger partial charge in [-0.3, -0.25) is 0 Å². The van der Waals surface area contributed by atoms with E-state index in [0.717, 1.165) is 25.0 Å². The van der Waals surface area contributed by atoms with Crippen molar-refractivity contribution >= 4 is 0 Å². The molecule has 0 aromatic heterocycles. The second-order valence-electron chi connectivity index (χ2n) is 7.87. The molecule has 0 unspecified atom stereocenters. The number of ether oxygens (including phenoxy) is 1. The Bertz CT molecular complexity index is 587. The summed E-state index contributed by atoms with van der Waals surface area (Å²) in [5, 5.41) is 10.6. The zero-order valence-electron chi connectivity index (χ0n) is 13.6. The lowest BCUT2D eigenvalue weighted by molar-refractivity contribution is -0.0256. The zero-order chi connectivity index (χ0) is 15.5. The van der Waals surface area contributed by atoms with Crippen molar-refractivity contribution in [3.8, 4) is 5.75 Å². The lowest BCUT2D eigenvalue weighted by atomic mass is 9.55. The van der Waals surface area contributed by atoms with Crippen molar-refractivity contribution in [2.75, 3.05) is 7.11 Å². The van der Waals surface area contributed by atoms with Crippen LogP contribution in [0, 0.1) is 17.3 Å². The Kier molecular flexibility index (Phi) is 3.28. The molecular formula is C19H27NO2. The summed E-state index contributed by atoms with van der Waals surface area (Å²) in [4.78, 5) is 0. The highest BCUT2D eigenvalue weighted by Crippen LogP contribution is 2.60. The summed E-state index contributed by atoms with van der Waals surface area (Å²) in [6.45, 7) is 2.27. The molecule has 2 fully saturated rings. The second-order valence-corrected chi connectivity index (χ2v) is 7.87. The summed E-state index contributed by atoms with van der Waals surface area (Å²) < 4.78 is 5.38. The van der Waals surface area contributed by atoms with Crippen molar-refractivity contribution in [1.29, 1.82) is 0 Å². The topological polar surface area (TPSA) is 55.5 Å². The fourth-order valence-corrected chi connectivity index (χ4v) is 5.76. The summed E-state index contributed by atoms with van der Waals surface area (Å²) in [5.41, 5.74) is 9.23. The molecule has 0 amide bonds. The minimum Gasteiger partial charge on any atom is -0.497 e. The molecule has 22 heavy (non-hydrogen) atoms. The van der Waals surface area contributed by atoms with Crippen LogP contribution in [0.25, 0.3) is 0 Å². The van der Waals surface area contributed by atoms with Crippen LogP contribution in [0.5, 0.6) is 5.75 Å². The minimum absolute atomic E-state index is 0.0323. The molecule has 6 atom stereocenters. The summed E-state index contributed by atoms with van der Waals surface area (Å²) in [6, 6.07) is 6.56. The fourth-order valence-electron chi connectivity index (χ4n) is 5.76. The van der Waals surface area contributed by atoms with Crippen molar-refractivity contribution in [3.05, 3.63) is 29.3 Å². The smallest absolute Gasteiger partial charge is 0.119 e. The van der Waals surface area contributed by atoms with Crippen LogP contribution >= 0.6 is 0 Å². The highest BCUT2D eigenvalue weighted by molar-refractivity contribution is 5.40. The molecule has 3 N–H and O–H groups in total. The van der Waals surface area contributed by atoms with E-state index in [1.807, 2.05) is 0 Å². The largest absolute Gasteiger partial charge is 0.497 e. The Hall–Kier alpha value is -1.06. The van der Waals surface area contributed by atoms with Crippen LogP contribution in [0.1, 0.15) is 49.7 Å². The Labute approximate surface area is 132 Å². The summed E-state index contributed by atoms with van der Waals surface area (Å²) in [7, 11) is 1.74. The maximum atomic E-state index is 10.6. The van der Waals surface area contributed by atoms with Gasteiger partial charge in [0.2, 0.25) is 0 Å². The maximum absolute atomic E-state index is 10.6. The molecule has 1 aromatic carbocycles. The van der Waals surface area contributed by atoms with Crippen LogP contribution in [0.15, 0.2) is 18.2 Å². The van der Waals surface area contributed by atoms with Gasteiger partial charge < -0.3 is 15.6 Å². The number of aryl methyl sites for hydroxylation is 1. The molecule has 3 heteroatoms. The molecule has 3 nitrogen and oxygen atoms in total. The molecule has 0 spiro atoms. The average molecular weight is 301 g/mol. The Balaban J connectivity index is 1.69. The predicted octanol–water partition coefficient (Wildman–Crippen LogP) is 2.85. The Morgan fingerprint density at radius 2 is 2.14 bits per heavy atom. The van der Waals surface area contributed by atoms with E-state index in [1.165, 1.54) is 24.0 Å². The van der Waals surface area contributed by atoms with Crippen LogP contribution < -0.4 is 10.5 Å². The van der Waals surface area contributed by atoms with Gasteiger partial charge in [-0.2, -0.15) is 0 Å². The molecule has 0 aliphatic heterocycles. The molecule has 3 aliphatic carbocycles. The summed E-state index contributed by atoms with van der Waals surface area (Å²) in [5.74, 6) is 2.87. The molecule has 2 saturated carbocycles. The number of fused-ring (bicyclic) bond motifs is 5. The zero-order valence-corrected chi connectivity index (χ0v) is 13.6. The molecular weight excluding hydrogens is 274 g/mol. The number of hydrogen-bond donors (Lipinski definition) is 2. The predicted molar refractivity (Wildman–Crippen MR) is 87.0 cm³/mol. The van der Waals surface area contributed by atoms with Gasteiger partial charge in [0.1, 0.15) is 5.75 Å². The van der Waals surface area contributed by atoms with Gasteiger partial charge in [-0.1, -0.05) is 13.0 Å². The third-order valence-corrected chi connectivity index (χ3v) is 6.98. The van der Waals surface area contributed by atoms with Crippen molar-refractivity contribution < 1.29 is 9.84 Å². The van der Waals surface area contributed by atoms with Crippen LogP contribution in [0.4, 0.5) is 0 Å². The molecule has 0 bridgehead atoms. The quantitative estimate of drug-likeness (QED) is 0.838. The molecule has 0 heterocycles.